The first-order valence-electron chi connectivity index (χ1n) is 4.66. The summed E-state index contributed by atoms with van der Waals surface area (Å²) in [7, 11) is -4.12. The van der Waals surface area contributed by atoms with E-state index in [1.165, 1.54) is 12.1 Å². The molecule has 0 spiro atoms. The van der Waals surface area contributed by atoms with Crippen molar-refractivity contribution in [2.45, 2.75) is 17.2 Å². The highest BCUT2D eigenvalue weighted by Gasteiger charge is 2.40. The minimum absolute atomic E-state index is 0.250. The van der Waals surface area contributed by atoms with E-state index >= 15 is 0 Å². The molecular weight excluding hydrogens is 276 g/mol. The zero-order valence-electron chi connectivity index (χ0n) is 8.91. The Balaban J connectivity index is 2.94. The topological polar surface area (TPSA) is 72.2 Å². The molecule has 1 aromatic carbocycles. The molecule has 0 radical (unpaired) electrons. The lowest BCUT2D eigenvalue weighted by Crippen LogP contribution is -2.35. The van der Waals surface area contributed by atoms with E-state index in [1.807, 2.05) is 5.32 Å². The fraction of sp³-hybridized carbons (Fsp3) is 0.333. The van der Waals surface area contributed by atoms with E-state index in [0.29, 0.717) is 0 Å². The molecule has 0 bridgehead atoms. The number of anilines is 1. The monoisotopic (exact) mass is 286 g/mol. The van der Waals surface area contributed by atoms with Gasteiger partial charge in [-0.25, -0.2) is 22.3 Å². The third-order valence-electron chi connectivity index (χ3n) is 2.03. The van der Waals surface area contributed by atoms with Crippen molar-refractivity contribution in [1.82, 2.24) is 0 Å². The number of nitrogens with two attached hydrogens (primary N) is 1. The maximum absolute atomic E-state index is 12.7. The normalized spacial score (nSPS) is 12.8. The molecule has 0 aliphatic heterocycles. The first-order chi connectivity index (χ1) is 8.14. The number of halogens is 4. The first-order valence-corrected chi connectivity index (χ1v) is 6.21. The summed E-state index contributed by atoms with van der Waals surface area (Å²) in [6, 6.07) is 4.92. The van der Waals surface area contributed by atoms with Crippen LogP contribution in [-0.4, -0.2) is 27.3 Å². The molecule has 0 fully saturated rings. The van der Waals surface area contributed by atoms with Crippen molar-refractivity contribution < 1.29 is 26.0 Å². The van der Waals surface area contributed by atoms with Gasteiger partial charge >= 0.3 is 12.3 Å². The van der Waals surface area contributed by atoms with Crippen molar-refractivity contribution in [2.75, 3.05) is 11.9 Å². The minimum atomic E-state index is -4.26. The number of hydrogen-bond acceptors (Lipinski definition) is 3. The molecule has 18 heavy (non-hydrogen) atoms. The Hall–Kier alpha value is -1.35. The molecule has 0 unspecified atom stereocenters. The summed E-state index contributed by atoms with van der Waals surface area (Å²) in [5.41, 5.74) is -0.250. The van der Waals surface area contributed by atoms with Crippen LogP contribution < -0.4 is 10.5 Å². The van der Waals surface area contributed by atoms with Crippen LogP contribution in [0.3, 0.4) is 0 Å². The molecular formula is C9H10F4N2O2S. The van der Waals surface area contributed by atoms with E-state index in [2.05, 4.69) is 0 Å². The Kier molecular flexibility index (Phi) is 4.17. The molecule has 3 N–H and O–H groups in total. The quantitative estimate of drug-likeness (QED) is 0.808. The smallest absolute Gasteiger partial charge is 0.324 e. The Bertz CT molecular complexity index is 519. The predicted molar refractivity (Wildman–Crippen MR) is 57.3 cm³/mol. The molecule has 0 aromatic heterocycles. The standard InChI is InChI=1S/C9H10F4N2O2S/c10-8(11)9(12,13)5-15-6-3-1-2-4-7(6)18(14,16)17/h1-4,8,15H,5H2,(H2,14,16,17). The summed E-state index contributed by atoms with van der Waals surface area (Å²) >= 11 is 0. The van der Waals surface area contributed by atoms with Gasteiger partial charge in [-0.2, -0.15) is 8.78 Å². The van der Waals surface area contributed by atoms with Gasteiger partial charge in [0.2, 0.25) is 10.0 Å². The Morgan fingerprint density at radius 1 is 1.28 bits per heavy atom. The van der Waals surface area contributed by atoms with Crippen molar-refractivity contribution in [1.29, 1.82) is 0 Å². The van der Waals surface area contributed by atoms with Crippen LogP contribution >= 0.6 is 0 Å². The summed E-state index contributed by atoms with van der Waals surface area (Å²) in [5, 5.41) is 6.81. The second-order valence-corrected chi connectivity index (χ2v) is 4.99. The van der Waals surface area contributed by atoms with Crippen LogP contribution in [0.5, 0.6) is 0 Å². The third kappa shape index (κ3) is 3.57. The lowest BCUT2D eigenvalue weighted by atomic mass is 10.3. The zero-order valence-corrected chi connectivity index (χ0v) is 9.72. The second kappa shape index (κ2) is 5.11. The molecule has 1 aromatic rings. The van der Waals surface area contributed by atoms with Crippen LogP contribution in [-0.2, 0) is 10.0 Å². The fourth-order valence-electron chi connectivity index (χ4n) is 1.15. The van der Waals surface area contributed by atoms with Gasteiger partial charge in [0.05, 0.1) is 12.2 Å². The molecule has 0 heterocycles. The summed E-state index contributed by atoms with van der Waals surface area (Å²) in [5.74, 6) is -4.26. The van der Waals surface area contributed by atoms with Gasteiger partial charge in [0.15, 0.2) is 0 Å². The summed E-state index contributed by atoms with van der Waals surface area (Å²) < 4.78 is 71.4. The fourth-order valence-corrected chi connectivity index (χ4v) is 1.87. The minimum Gasteiger partial charge on any atom is -0.378 e. The lowest BCUT2D eigenvalue weighted by molar-refractivity contribution is -0.117. The molecule has 0 saturated heterocycles. The van der Waals surface area contributed by atoms with Crippen LogP contribution in [0.2, 0.25) is 0 Å². The average Bonchev–Trinajstić information content (AvgIpc) is 2.25. The van der Waals surface area contributed by atoms with Gasteiger partial charge in [0.25, 0.3) is 0 Å². The number of alkyl halides is 4. The Morgan fingerprint density at radius 2 is 1.83 bits per heavy atom. The first kappa shape index (κ1) is 14.7. The van der Waals surface area contributed by atoms with E-state index in [0.717, 1.165) is 12.1 Å². The number of benzene rings is 1. The molecule has 0 amide bonds. The van der Waals surface area contributed by atoms with E-state index < -0.39 is 33.8 Å². The largest absolute Gasteiger partial charge is 0.378 e. The van der Waals surface area contributed by atoms with Gasteiger partial charge < -0.3 is 5.32 Å². The van der Waals surface area contributed by atoms with Gasteiger partial charge in [-0.15, -0.1) is 0 Å². The molecule has 0 aliphatic rings. The van der Waals surface area contributed by atoms with Crippen LogP contribution in [0.4, 0.5) is 23.2 Å². The van der Waals surface area contributed by atoms with Crippen LogP contribution in [0.25, 0.3) is 0 Å². The number of nitrogens with one attached hydrogen (secondary N) is 1. The van der Waals surface area contributed by atoms with Crippen molar-refractivity contribution >= 4 is 15.7 Å². The van der Waals surface area contributed by atoms with Crippen molar-refractivity contribution in [3.63, 3.8) is 0 Å². The number of primary sulfonamides is 1. The highest BCUT2D eigenvalue weighted by molar-refractivity contribution is 7.89. The average molecular weight is 286 g/mol. The van der Waals surface area contributed by atoms with Crippen LogP contribution in [0, 0.1) is 0 Å². The SMILES string of the molecule is NS(=O)(=O)c1ccccc1NCC(F)(F)C(F)F. The molecule has 0 atom stereocenters. The lowest BCUT2D eigenvalue weighted by Gasteiger charge is -2.17. The molecule has 0 aliphatic carbocycles. The van der Waals surface area contributed by atoms with Crippen LogP contribution in [0.1, 0.15) is 0 Å². The van der Waals surface area contributed by atoms with Gasteiger partial charge in [-0.05, 0) is 12.1 Å². The third-order valence-corrected chi connectivity index (χ3v) is 3.00. The maximum atomic E-state index is 12.7. The van der Waals surface area contributed by atoms with E-state index in [9.17, 15) is 26.0 Å². The number of sulfonamides is 1. The molecule has 4 nitrogen and oxygen atoms in total. The van der Waals surface area contributed by atoms with Gasteiger partial charge in [-0.3, -0.25) is 0 Å². The summed E-state index contributed by atoms with van der Waals surface area (Å²) in [6.45, 7) is -1.39. The van der Waals surface area contributed by atoms with Crippen molar-refractivity contribution in [3.05, 3.63) is 24.3 Å². The van der Waals surface area contributed by atoms with Crippen molar-refractivity contribution in [2.24, 2.45) is 5.14 Å². The van der Waals surface area contributed by atoms with Gasteiger partial charge in [0.1, 0.15) is 4.90 Å². The summed E-state index contributed by atoms with van der Waals surface area (Å²) in [4.78, 5) is -0.435. The second-order valence-electron chi connectivity index (χ2n) is 3.46. The highest BCUT2D eigenvalue weighted by atomic mass is 32.2. The highest BCUT2D eigenvalue weighted by Crippen LogP contribution is 2.25. The van der Waals surface area contributed by atoms with E-state index in [-0.39, 0.29) is 5.69 Å². The Labute approximate surface area is 101 Å². The molecule has 1 rings (SSSR count). The molecule has 102 valence electrons. The number of hydrogen-bond donors (Lipinski definition) is 2. The van der Waals surface area contributed by atoms with E-state index in [1.54, 1.807) is 0 Å². The predicted octanol–water partition coefficient (Wildman–Crippen LogP) is 1.65. The van der Waals surface area contributed by atoms with Gasteiger partial charge in [-0.1, -0.05) is 12.1 Å². The van der Waals surface area contributed by atoms with Gasteiger partial charge in [0, 0.05) is 0 Å². The van der Waals surface area contributed by atoms with E-state index in [4.69, 9.17) is 5.14 Å². The number of para-hydroxylation sites is 1. The molecule has 9 heteroatoms. The summed E-state index contributed by atoms with van der Waals surface area (Å²) in [6.07, 6.45) is -3.84. The number of rotatable bonds is 5. The van der Waals surface area contributed by atoms with Crippen LogP contribution in [0.15, 0.2) is 29.2 Å². The zero-order chi connectivity index (χ0) is 14.0. The Morgan fingerprint density at radius 3 is 2.33 bits per heavy atom. The van der Waals surface area contributed by atoms with Crippen molar-refractivity contribution in [3.8, 4) is 0 Å². The maximum Gasteiger partial charge on any atom is 0.324 e. The molecule has 0 saturated carbocycles.